The molecule has 1 aliphatic carbocycles. The van der Waals surface area contributed by atoms with Gasteiger partial charge in [0.05, 0.1) is 12.6 Å². The number of rotatable bonds is 9. The van der Waals surface area contributed by atoms with Gasteiger partial charge in [-0.25, -0.2) is 18.0 Å². The summed E-state index contributed by atoms with van der Waals surface area (Å²) in [4.78, 5) is 70.1. The van der Waals surface area contributed by atoms with Gasteiger partial charge in [-0.3, -0.25) is 24.1 Å². The predicted octanol–water partition coefficient (Wildman–Crippen LogP) is 1.94. The van der Waals surface area contributed by atoms with Crippen molar-refractivity contribution in [1.82, 2.24) is 25.3 Å². The van der Waals surface area contributed by atoms with E-state index in [2.05, 4.69) is 10.6 Å². The number of nitrogens with zero attached hydrogens (tertiary/aromatic N) is 3. The molecule has 5 rings (SSSR count). The van der Waals surface area contributed by atoms with Gasteiger partial charge < -0.3 is 29.3 Å². The van der Waals surface area contributed by atoms with Gasteiger partial charge in [0.15, 0.2) is 5.76 Å². The smallest absolute Gasteiger partial charge is 0.396 e. The van der Waals surface area contributed by atoms with Crippen LogP contribution in [0.4, 0.5) is 13.2 Å². The van der Waals surface area contributed by atoms with Crippen LogP contribution in [-0.4, -0.2) is 88.6 Å². The summed E-state index contributed by atoms with van der Waals surface area (Å²) in [5.41, 5.74) is 0.673. The van der Waals surface area contributed by atoms with Gasteiger partial charge in [-0.2, -0.15) is 0 Å². The molecule has 4 atom stereocenters. The number of likely N-dealkylation sites (N-methyl/N-ethyl adjacent to an activating group) is 1. The fraction of sp³-hybridized carbons (Fsp3) is 0.581. The van der Waals surface area contributed by atoms with Crippen molar-refractivity contribution in [2.24, 2.45) is 5.92 Å². The standard InChI is InChI=1S/C31H38F3N5O7/c1-17(37(3)16-25-18(2)45-30(44)46-25)26(40)36-23-15-38(28(42)20-12-31(33,34)13-20)11-10-22-8-9-24(39(22)29(23)43)27(41)35-14-19-4-6-21(32)7-5-19/h4-7,17,20,22-24H,8-16H2,1-3H3,(H,35,41)(H,36,40)/t17-,22+,23-,24-/m0/s1. The summed E-state index contributed by atoms with van der Waals surface area (Å²) in [6.45, 7) is 3.23. The molecule has 0 spiro atoms. The molecule has 4 amide bonds. The Hall–Kier alpha value is -4.14. The minimum absolute atomic E-state index is 0.0514. The van der Waals surface area contributed by atoms with E-state index in [4.69, 9.17) is 8.83 Å². The highest BCUT2D eigenvalue weighted by atomic mass is 19.3. The van der Waals surface area contributed by atoms with E-state index in [0.29, 0.717) is 24.8 Å². The normalized spacial score (nSPS) is 23.7. The lowest BCUT2D eigenvalue weighted by Crippen LogP contribution is -2.63. The van der Waals surface area contributed by atoms with Crippen molar-refractivity contribution in [2.75, 3.05) is 20.1 Å². The zero-order chi connectivity index (χ0) is 33.3. The summed E-state index contributed by atoms with van der Waals surface area (Å²) < 4.78 is 50.5. The van der Waals surface area contributed by atoms with Crippen LogP contribution in [0.2, 0.25) is 0 Å². The summed E-state index contributed by atoms with van der Waals surface area (Å²) in [5, 5.41) is 5.55. The molecule has 0 unspecified atom stereocenters. The summed E-state index contributed by atoms with van der Waals surface area (Å²) in [7, 11) is 1.61. The Balaban J connectivity index is 1.32. The molecule has 1 aromatic heterocycles. The number of carbonyl (C=O) groups is 4. The first-order chi connectivity index (χ1) is 21.7. The van der Waals surface area contributed by atoms with Gasteiger partial charge in [0, 0.05) is 44.4 Å². The lowest BCUT2D eigenvalue weighted by molar-refractivity contribution is -0.162. The number of halogens is 3. The van der Waals surface area contributed by atoms with Crippen LogP contribution >= 0.6 is 0 Å². The van der Waals surface area contributed by atoms with Crippen LogP contribution in [0.5, 0.6) is 0 Å². The molecule has 2 aliphatic heterocycles. The second-order valence-corrected chi connectivity index (χ2v) is 12.5. The zero-order valence-corrected chi connectivity index (χ0v) is 25.9. The first-order valence-electron chi connectivity index (χ1n) is 15.3. The third-order valence-electron chi connectivity index (χ3n) is 9.21. The van der Waals surface area contributed by atoms with Crippen molar-refractivity contribution in [3.8, 4) is 0 Å². The summed E-state index contributed by atoms with van der Waals surface area (Å²) in [6.07, 6.45) is 0.0367. The molecule has 3 heterocycles. The zero-order valence-electron chi connectivity index (χ0n) is 25.9. The lowest BCUT2D eigenvalue weighted by Gasteiger charge is -2.42. The molecule has 2 N–H and O–H groups in total. The fourth-order valence-electron chi connectivity index (χ4n) is 6.32. The monoisotopic (exact) mass is 649 g/mol. The Labute approximate surface area is 263 Å². The number of benzene rings is 1. The van der Waals surface area contributed by atoms with Crippen LogP contribution in [0.25, 0.3) is 0 Å². The predicted molar refractivity (Wildman–Crippen MR) is 156 cm³/mol. The van der Waals surface area contributed by atoms with Gasteiger partial charge in [0.2, 0.25) is 29.6 Å². The molecule has 250 valence electrons. The second kappa shape index (κ2) is 13.3. The maximum atomic E-state index is 14.2. The SMILES string of the molecule is Cc1oc(=O)oc1CN(C)[C@@H](C)C(=O)N[C@H]1CN(C(=O)C2CC(F)(F)C2)CC[C@H]2CC[C@@H](C(=O)NCc3ccc(F)cc3)N2C1=O. The number of fused-ring (bicyclic) bond motifs is 1. The molecule has 2 saturated heterocycles. The van der Waals surface area contributed by atoms with Gasteiger partial charge >= 0.3 is 5.82 Å². The molecule has 1 aromatic carbocycles. The Morgan fingerprint density at radius 2 is 1.78 bits per heavy atom. The minimum atomic E-state index is -2.91. The minimum Gasteiger partial charge on any atom is -0.396 e. The molecule has 12 nitrogen and oxygen atoms in total. The van der Waals surface area contributed by atoms with E-state index < -0.39 is 84.1 Å². The average molecular weight is 650 g/mol. The Morgan fingerprint density at radius 3 is 2.41 bits per heavy atom. The average Bonchev–Trinajstić information content (AvgIpc) is 3.56. The largest absolute Gasteiger partial charge is 0.519 e. The van der Waals surface area contributed by atoms with Gasteiger partial charge in [-0.1, -0.05) is 12.1 Å². The number of aryl methyl sites for hydroxylation is 1. The van der Waals surface area contributed by atoms with Crippen LogP contribution < -0.4 is 16.5 Å². The van der Waals surface area contributed by atoms with E-state index in [-0.39, 0.29) is 37.7 Å². The lowest BCUT2D eigenvalue weighted by atomic mass is 9.80. The Morgan fingerprint density at radius 1 is 1.09 bits per heavy atom. The Bertz CT molecular complexity index is 1520. The molecule has 15 heteroatoms. The first kappa shape index (κ1) is 33.2. The molecule has 0 radical (unpaired) electrons. The maximum absolute atomic E-state index is 14.2. The summed E-state index contributed by atoms with van der Waals surface area (Å²) in [6, 6.07) is 2.31. The topological polar surface area (TPSA) is 145 Å². The van der Waals surface area contributed by atoms with Crippen molar-refractivity contribution in [2.45, 2.75) is 89.1 Å². The van der Waals surface area contributed by atoms with Crippen LogP contribution in [-0.2, 0) is 32.3 Å². The van der Waals surface area contributed by atoms with Gasteiger partial charge in [-0.05, 0) is 57.9 Å². The number of alkyl halides is 2. The van der Waals surface area contributed by atoms with E-state index in [0.717, 1.165) is 0 Å². The van der Waals surface area contributed by atoms with E-state index >= 15 is 0 Å². The highest BCUT2D eigenvalue weighted by molar-refractivity contribution is 5.94. The van der Waals surface area contributed by atoms with E-state index in [1.807, 2.05) is 0 Å². The van der Waals surface area contributed by atoms with Crippen molar-refractivity contribution < 1.29 is 41.2 Å². The summed E-state index contributed by atoms with van der Waals surface area (Å²) >= 11 is 0. The highest BCUT2D eigenvalue weighted by Gasteiger charge is 2.51. The quantitative estimate of drug-likeness (QED) is 0.420. The van der Waals surface area contributed by atoms with Crippen molar-refractivity contribution >= 4 is 23.6 Å². The van der Waals surface area contributed by atoms with E-state index in [1.54, 1.807) is 37.9 Å². The van der Waals surface area contributed by atoms with Crippen LogP contribution in [0.15, 0.2) is 37.9 Å². The third kappa shape index (κ3) is 7.29. The van der Waals surface area contributed by atoms with Crippen LogP contribution in [0.3, 0.4) is 0 Å². The second-order valence-electron chi connectivity index (χ2n) is 12.5. The first-order valence-corrected chi connectivity index (χ1v) is 15.3. The van der Waals surface area contributed by atoms with Crippen LogP contribution in [0.1, 0.15) is 56.1 Å². The molecular weight excluding hydrogens is 611 g/mol. The molecule has 1 saturated carbocycles. The molecule has 46 heavy (non-hydrogen) atoms. The van der Waals surface area contributed by atoms with Gasteiger partial charge in [-0.15, -0.1) is 0 Å². The number of hydrogen-bond acceptors (Lipinski definition) is 8. The number of nitrogens with one attached hydrogen (secondary N) is 2. The van der Waals surface area contributed by atoms with Crippen molar-refractivity contribution in [3.05, 3.63) is 57.8 Å². The van der Waals surface area contributed by atoms with Crippen molar-refractivity contribution in [3.63, 3.8) is 0 Å². The molecule has 3 aliphatic rings. The van der Waals surface area contributed by atoms with Crippen LogP contribution in [0, 0.1) is 18.7 Å². The summed E-state index contributed by atoms with van der Waals surface area (Å²) in [5.74, 6) is -6.58. The van der Waals surface area contributed by atoms with Crippen molar-refractivity contribution in [1.29, 1.82) is 0 Å². The molecule has 0 bridgehead atoms. The Kier molecular flexibility index (Phi) is 9.61. The molecular formula is C31H38F3N5O7. The number of carbonyl (C=O) groups excluding carboxylic acids is 4. The third-order valence-corrected chi connectivity index (χ3v) is 9.21. The van der Waals surface area contributed by atoms with Gasteiger partial charge in [0.1, 0.15) is 23.7 Å². The van der Waals surface area contributed by atoms with E-state index in [9.17, 15) is 37.1 Å². The maximum Gasteiger partial charge on any atom is 0.519 e. The number of amides is 4. The highest BCUT2D eigenvalue weighted by Crippen LogP contribution is 2.43. The molecule has 3 fully saturated rings. The van der Waals surface area contributed by atoms with Gasteiger partial charge in [0.25, 0.3) is 0 Å². The fourth-order valence-corrected chi connectivity index (χ4v) is 6.32. The number of hydrogen-bond donors (Lipinski definition) is 2. The molecule has 2 aromatic rings. The van der Waals surface area contributed by atoms with E-state index in [1.165, 1.54) is 21.9 Å².